The van der Waals surface area contributed by atoms with Crippen molar-refractivity contribution in [2.75, 3.05) is 6.61 Å². The standard InChI is InChI=1S/C29H26N4O2/c30-18-19-11-12-26-25(14-19)28(32-33(26)27-10-3-4-13-35-27)22-8-5-9-23(15-22)29(34)31-24-16-20-6-1-2-7-21(20)17-24/h1-2,5-9,11-12,14-15,24,27H,3-4,10,13,16-17H2,(H,31,34). The molecule has 0 bridgehead atoms. The molecule has 174 valence electrons. The van der Waals surface area contributed by atoms with E-state index in [0.29, 0.717) is 11.1 Å². The lowest BCUT2D eigenvalue weighted by atomic mass is 10.0. The minimum Gasteiger partial charge on any atom is -0.356 e. The molecule has 1 amide bonds. The number of benzene rings is 3. The van der Waals surface area contributed by atoms with Gasteiger partial charge in [0.05, 0.1) is 17.1 Å². The number of hydrogen-bond acceptors (Lipinski definition) is 4. The van der Waals surface area contributed by atoms with Gasteiger partial charge in [-0.2, -0.15) is 10.4 Å². The van der Waals surface area contributed by atoms with E-state index in [9.17, 15) is 10.1 Å². The largest absolute Gasteiger partial charge is 0.356 e. The molecule has 1 N–H and O–H groups in total. The normalized spacial score (nSPS) is 17.7. The zero-order chi connectivity index (χ0) is 23.8. The summed E-state index contributed by atoms with van der Waals surface area (Å²) in [5.74, 6) is -0.0817. The average molecular weight is 463 g/mol. The Labute approximate surface area is 204 Å². The topological polar surface area (TPSA) is 79.9 Å². The second-order valence-corrected chi connectivity index (χ2v) is 9.39. The van der Waals surface area contributed by atoms with Gasteiger partial charge < -0.3 is 10.1 Å². The number of hydrogen-bond donors (Lipinski definition) is 1. The Morgan fingerprint density at radius 2 is 1.86 bits per heavy atom. The Morgan fingerprint density at radius 3 is 2.60 bits per heavy atom. The van der Waals surface area contributed by atoms with Crippen molar-refractivity contribution in [3.05, 3.63) is 89.0 Å². The summed E-state index contributed by atoms with van der Waals surface area (Å²) < 4.78 is 7.95. The van der Waals surface area contributed by atoms with Gasteiger partial charge in [0, 0.05) is 29.2 Å². The SMILES string of the molecule is N#Cc1ccc2c(c1)c(-c1cccc(C(=O)NC3Cc4ccccc4C3)c1)nn2C1CCCCO1. The number of ether oxygens (including phenoxy) is 1. The molecule has 1 aliphatic carbocycles. The molecule has 35 heavy (non-hydrogen) atoms. The lowest BCUT2D eigenvalue weighted by Gasteiger charge is -2.23. The zero-order valence-electron chi connectivity index (χ0n) is 19.4. The first-order valence-electron chi connectivity index (χ1n) is 12.2. The molecule has 0 saturated carbocycles. The van der Waals surface area contributed by atoms with Crippen molar-refractivity contribution in [1.82, 2.24) is 15.1 Å². The van der Waals surface area contributed by atoms with Crippen molar-refractivity contribution >= 4 is 16.8 Å². The van der Waals surface area contributed by atoms with E-state index in [2.05, 4.69) is 23.5 Å². The molecule has 1 aliphatic heterocycles. The molecule has 1 atom stereocenters. The molecular formula is C29H26N4O2. The number of amides is 1. The molecule has 0 radical (unpaired) electrons. The molecule has 4 aromatic rings. The first kappa shape index (κ1) is 21.6. The molecule has 2 heterocycles. The zero-order valence-corrected chi connectivity index (χ0v) is 19.4. The Hall–Kier alpha value is -3.95. The molecule has 6 rings (SSSR count). The fraction of sp³-hybridized carbons (Fsp3) is 0.276. The highest BCUT2D eigenvalue weighted by molar-refractivity contribution is 5.98. The van der Waals surface area contributed by atoms with Crippen molar-refractivity contribution in [2.45, 2.75) is 44.4 Å². The van der Waals surface area contributed by atoms with Gasteiger partial charge in [-0.1, -0.05) is 36.4 Å². The van der Waals surface area contributed by atoms with Crippen molar-refractivity contribution in [3.8, 4) is 17.3 Å². The van der Waals surface area contributed by atoms with Crippen LogP contribution >= 0.6 is 0 Å². The fourth-order valence-electron chi connectivity index (χ4n) is 5.30. The highest BCUT2D eigenvalue weighted by atomic mass is 16.5. The third kappa shape index (κ3) is 4.09. The molecule has 3 aromatic carbocycles. The van der Waals surface area contributed by atoms with Crippen LogP contribution in [0.3, 0.4) is 0 Å². The van der Waals surface area contributed by atoms with Gasteiger partial charge in [-0.15, -0.1) is 0 Å². The molecule has 1 aromatic heterocycles. The summed E-state index contributed by atoms with van der Waals surface area (Å²) in [5.41, 5.74) is 6.34. The van der Waals surface area contributed by atoms with E-state index in [1.165, 1.54) is 11.1 Å². The fourth-order valence-corrected chi connectivity index (χ4v) is 5.30. The quantitative estimate of drug-likeness (QED) is 0.454. The Morgan fingerprint density at radius 1 is 1.03 bits per heavy atom. The van der Waals surface area contributed by atoms with Crippen LogP contribution in [0.25, 0.3) is 22.2 Å². The predicted octanol–water partition coefficient (Wildman–Crippen LogP) is 5.17. The van der Waals surface area contributed by atoms with E-state index in [-0.39, 0.29) is 18.2 Å². The van der Waals surface area contributed by atoms with Gasteiger partial charge in [-0.05, 0) is 73.6 Å². The average Bonchev–Trinajstić information content (AvgIpc) is 3.50. The van der Waals surface area contributed by atoms with E-state index >= 15 is 0 Å². The predicted molar refractivity (Wildman–Crippen MR) is 134 cm³/mol. The van der Waals surface area contributed by atoms with Gasteiger partial charge in [0.15, 0.2) is 6.23 Å². The number of aromatic nitrogens is 2. The van der Waals surface area contributed by atoms with Gasteiger partial charge in [0.25, 0.3) is 5.91 Å². The summed E-state index contributed by atoms with van der Waals surface area (Å²) in [7, 11) is 0. The first-order chi connectivity index (χ1) is 17.2. The summed E-state index contributed by atoms with van der Waals surface area (Å²) in [4.78, 5) is 13.2. The summed E-state index contributed by atoms with van der Waals surface area (Å²) >= 11 is 0. The maximum Gasteiger partial charge on any atom is 0.251 e. The minimum atomic E-state index is -0.122. The number of fused-ring (bicyclic) bond motifs is 2. The monoisotopic (exact) mass is 462 g/mol. The van der Waals surface area contributed by atoms with E-state index in [0.717, 1.165) is 60.9 Å². The molecule has 6 heteroatoms. The van der Waals surface area contributed by atoms with Crippen LogP contribution in [0, 0.1) is 11.3 Å². The third-order valence-corrected chi connectivity index (χ3v) is 7.05. The smallest absolute Gasteiger partial charge is 0.251 e. The van der Waals surface area contributed by atoms with Crippen LogP contribution in [0.15, 0.2) is 66.7 Å². The van der Waals surface area contributed by atoms with E-state index in [1.807, 2.05) is 59.3 Å². The van der Waals surface area contributed by atoms with Crippen molar-refractivity contribution in [2.24, 2.45) is 0 Å². The molecule has 1 unspecified atom stereocenters. The highest BCUT2D eigenvalue weighted by Crippen LogP contribution is 2.34. The van der Waals surface area contributed by atoms with Crippen LogP contribution in [-0.4, -0.2) is 28.3 Å². The van der Waals surface area contributed by atoms with Crippen LogP contribution in [0.5, 0.6) is 0 Å². The van der Waals surface area contributed by atoms with Gasteiger partial charge >= 0.3 is 0 Å². The highest BCUT2D eigenvalue weighted by Gasteiger charge is 2.24. The Bertz CT molecular complexity index is 1430. The van der Waals surface area contributed by atoms with Gasteiger partial charge in [0.2, 0.25) is 0 Å². The van der Waals surface area contributed by atoms with E-state index in [4.69, 9.17) is 9.84 Å². The van der Waals surface area contributed by atoms with Gasteiger partial charge in [-0.25, -0.2) is 4.68 Å². The third-order valence-electron chi connectivity index (χ3n) is 7.05. The van der Waals surface area contributed by atoms with Crippen LogP contribution in [0.2, 0.25) is 0 Å². The lowest BCUT2D eigenvalue weighted by molar-refractivity contribution is -0.0365. The summed E-state index contributed by atoms with van der Waals surface area (Å²) in [6.45, 7) is 0.721. The van der Waals surface area contributed by atoms with Crippen molar-refractivity contribution < 1.29 is 9.53 Å². The maximum atomic E-state index is 13.2. The molecular weight excluding hydrogens is 436 g/mol. The van der Waals surface area contributed by atoms with E-state index in [1.54, 1.807) is 0 Å². The van der Waals surface area contributed by atoms with Gasteiger partial charge in [0.1, 0.15) is 5.69 Å². The van der Waals surface area contributed by atoms with Crippen molar-refractivity contribution in [1.29, 1.82) is 5.26 Å². The molecule has 2 aliphatic rings. The number of nitrogens with zero attached hydrogens (tertiary/aromatic N) is 3. The summed E-state index contributed by atoms with van der Waals surface area (Å²) in [6.07, 6.45) is 4.65. The second kappa shape index (κ2) is 9.01. The number of rotatable bonds is 4. The number of nitrogens with one attached hydrogen (secondary N) is 1. The van der Waals surface area contributed by atoms with Gasteiger partial charge in [-0.3, -0.25) is 4.79 Å². The molecule has 1 fully saturated rings. The Kier molecular flexibility index (Phi) is 5.55. The van der Waals surface area contributed by atoms with Crippen LogP contribution in [0.4, 0.5) is 0 Å². The van der Waals surface area contributed by atoms with Crippen molar-refractivity contribution in [3.63, 3.8) is 0 Å². The van der Waals surface area contributed by atoms with Crippen LogP contribution < -0.4 is 5.32 Å². The summed E-state index contributed by atoms with van der Waals surface area (Å²) in [5, 5.41) is 18.5. The molecule has 1 saturated heterocycles. The minimum absolute atomic E-state index is 0.0817. The van der Waals surface area contributed by atoms with E-state index < -0.39 is 0 Å². The summed E-state index contributed by atoms with van der Waals surface area (Å²) in [6, 6.07) is 23.9. The Balaban J connectivity index is 1.32. The van der Waals surface area contributed by atoms with Crippen LogP contribution in [0.1, 0.15) is 52.5 Å². The number of carbonyl (C=O) groups excluding carboxylic acids is 1. The van der Waals surface area contributed by atoms with Crippen LogP contribution in [-0.2, 0) is 17.6 Å². The second-order valence-electron chi connectivity index (χ2n) is 9.39. The molecule has 6 nitrogen and oxygen atoms in total. The number of nitriles is 1. The molecule has 0 spiro atoms. The lowest BCUT2D eigenvalue weighted by Crippen LogP contribution is -2.35. The first-order valence-corrected chi connectivity index (χ1v) is 12.2. The number of carbonyl (C=O) groups is 1. The maximum absolute atomic E-state index is 13.2.